The topological polar surface area (TPSA) is 35.2 Å². The Balaban J connectivity index is 2.09. The number of nitrogens with two attached hydrogens (primary N) is 1. The molecule has 1 aromatic rings. The van der Waals surface area contributed by atoms with Crippen LogP contribution in [-0.2, 0) is 11.2 Å². The van der Waals surface area contributed by atoms with Gasteiger partial charge in [0.1, 0.15) is 0 Å². The number of aryl methyl sites for hydroxylation is 1. The van der Waals surface area contributed by atoms with Crippen LogP contribution in [0.25, 0.3) is 0 Å². The summed E-state index contributed by atoms with van der Waals surface area (Å²) in [4.78, 5) is 0. The van der Waals surface area contributed by atoms with E-state index >= 15 is 0 Å². The minimum absolute atomic E-state index is 0.138. The third-order valence-electron chi connectivity index (χ3n) is 3.35. The Kier molecular flexibility index (Phi) is 3.97. The van der Waals surface area contributed by atoms with Crippen LogP contribution in [0.5, 0.6) is 0 Å². The molecule has 2 heteroatoms. The van der Waals surface area contributed by atoms with Crippen LogP contribution >= 0.6 is 0 Å². The van der Waals surface area contributed by atoms with Gasteiger partial charge in [-0.3, -0.25) is 0 Å². The first-order valence-corrected chi connectivity index (χ1v) is 6.23. The Labute approximate surface area is 97.8 Å². The molecule has 88 valence electrons. The second kappa shape index (κ2) is 5.46. The maximum atomic E-state index is 6.29. The molecule has 2 nitrogen and oxygen atoms in total. The van der Waals surface area contributed by atoms with Gasteiger partial charge >= 0.3 is 0 Å². The molecule has 0 bridgehead atoms. The van der Waals surface area contributed by atoms with Crippen molar-refractivity contribution in [1.29, 1.82) is 0 Å². The maximum Gasteiger partial charge on any atom is 0.0513 e. The Morgan fingerprint density at radius 2 is 2.38 bits per heavy atom. The zero-order valence-electron chi connectivity index (χ0n) is 9.99. The van der Waals surface area contributed by atoms with Crippen LogP contribution in [0, 0.1) is 5.92 Å². The highest BCUT2D eigenvalue weighted by molar-refractivity contribution is 5.26. The Morgan fingerprint density at radius 1 is 1.50 bits per heavy atom. The molecule has 1 aromatic carbocycles. The quantitative estimate of drug-likeness (QED) is 0.845. The Morgan fingerprint density at radius 3 is 3.06 bits per heavy atom. The van der Waals surface area contributed by atoms with Gasteiger partial charge in [0.05, 0.1) is 6.61 Å². The van der Waals surface area contributed by atoms with Gasteiger partial charge in [-0.2, -0.15) is 0 Å². The molecule has 0 aliphatic carbocycles. The van der Waals surface area contributed by atoms with Gasteiger partial charge in [0.15, 0.2) is 0 Å². The lowest BCUT2D eigenvalue weighted by Crippen LogP contribution is -2.21. The SMILES string of the molecule is CCCc1cccc(C(N)C2CCOC2)c1. The standard InChI is InChI=1S/C14H21NO/c1-2-4-11-5-3-6-12(9-11)14(15)13-7-8-16-10-13/h3,5-6,9,13-14H,2,4,7-8,10,15H2,1H3. The number of hydrogen-bond donors (Lipinski definition) is 1. The molecule has 1 aliphatic rings. The number of ether oxygens (including phenoxy) is 1. The normalized spacial score (nSPS) is 22.2. The van der Waals surface area contributed by atoms with E-state index in [9.17, 15) is 0 Å². The van der Waals surface area contributed by atoms with Crippen molar-refractivity contribution in [1.82, 2.24) is 0 Å². The van der Waals surface area contributed by atoms with Gasteiger partial charge in [0, 0.05) is 18.6 Å². The fourth-order valence-corrected chi connectivity index (χ4v) is 2.35. The molecule has 1 aliphatic heterocycles. The molecule has 2 atom stereocenters. The fourth-order valence-electron chi connectivity index (χ4n) is 2.35. The third kappa shape index (κ3) is 2.63. The minimum atomic E-state index is 0.138. The summed E-state index contributed by atoms with van der Waals surface area (Å²) in [6.07, 6.45) is 3.42. The van der Waals surface area contributed by atoms with Crippen LogP contribution in [0.2, 0.25) is 0 Å². The van der Waals surface area contributed by atoms with Crippen LogP contribution in [0.3, 0.4) is 0 Å². The molecule has 1 saturated heterocycles. The molecule has 0 radical (unpaired) electrons. The summed E-state index contributed by atoms with van der Waals surface area (Å²) in [5.74, 6) is 0.497. The summed E-state index contributed by atoms with van der Waals surface area (Å²) in [5.41, 5.74) is 8.95. The Hall–Kier alpha value is -0.860. The molecule has 16 heavy (non-hydrogen) atoms. The highest BCUT2D eigenvalue weighted by Gasteiger charge is 2.23. The van der Waals surface area contributed by atoms with E-state index < -0.39 is 0 Å². The predicted octanol–water partition coefficient (Wildman–Crippen LogP) is 2.68. The van der Waals surface area contributed by atoms with Gasteiger partial charge in [-0.05, 0) is 24.0 Å². The highest BCUT2D eigenvalue weighted by atomic mass is 16.5. The van der Waals surface area contributed by atoms with Crippen LogP contribution < -0.4 is 5.73 Å². The zero-order valence-corrected chi connectivity index (χ0v) is 9.99. The molecule has 1 fully saturated rings. The molecule has 0 saturated carbocycles. The molecule has 0 amide bonds. The average Bonchev–Trinajstić information content (AvgIpc) is 2.82. The number of rotatable bonds is 4. The van der Waals surface area contributed by atoms with E-state index in [0.717, 1.165) is 26.1 Å². The van der Waals surface area contributed by atoms with E-state index in [4.69, 9.17) is 10.5 Å². The van der Waals surface area contributed by atoms with E-state index in [1.165, 1.54) is 17.5 Å². The van der Waals surface area contributed by atoms with Gasteiger partial charge in [0.25, 0.3) is 0 Å². The molecule has 2 N–H and O–H groups in total. The van der Waals surface area contributed by atoms with E-state index in [1.54, 1.807) is 0 Å². The monoisotopic (exact) mass is 219 g/mol. The van der Waals surface area contributed by atoms with Crippen molar-refractivity contribution >= 4 is 0 Å². The van der Waals surface area contributed by atoms with Gasteiger partial charge in [-0.1, -0.05) is 37.6 Å². The predicted molar refractivity (Wildman–Crippen MR) is 66.3 cm³/mol. The van der Waals surface area contributed by atoms with Crippen molar-refractivity contribution in [3.63, 3.8) is 0 Å². The van der Waals surface area contributed by atoms with Gasteiger partial charge in [-0.15, -0.1) is 0 Å². The van der Waals surface area contributed by atoms with Crippen molar-refractivity contribution in [2.24, 2.45) is 11.7 Å². The molecule has 2 unspecified atom stereocenters. The van der Waals surface area contributed by atoms with Gasteiger partial charge < -0.3 is 10.5 Å². The number of benzene rings is 1. The Bertz CT molecular complexity index is 331. The first kappa shape index (κ1) is 11.6. The molecule has 1 heterocycles. The second-order valence-electron chi connectivity index (χ2n) is 4.64. The summed E-state index contributed by atoms with van der Waals surface area (Å²) in [6, 6.07) is 8.84. The summed E-state index contributed by atoms with van der Waals surface area (Å²) >= 11 is 0. The van der Waals surface area contributed by atoms with Crippen LogP contribution in [0.1, 0.15) is 36.9 Å². The molecular weight excluding hydrogens is 198 g/mol. The van der Waals surface area contributed by atoms with E-state index in [0.29, 0.717) is 5.92 Å². The lowest BCUT2D eigenvalue weighted by molar-refractivity contribution is 0.181. The van der Waals surface area contributed by atoms with Gasteiger partial charge in [-0.25, -0.2) is 0 Å². The van der Waals surface area contributed by atoms with Crippen LogP contribution in [0.4, 0.5) is 0 Å². The van der Waals surface area contributed by atoms with Gasteiger partial charge in [0.2, 0.25) is 0 Å². The van der Waals surface area contributed by atoms with E-state index in [1.807, 2.05) is 0 Å². The number of hydrogen-bond acceptors (Lipinski definition) is 2. The largest absolute Gasteiger partial charge is 0.381 e. The smallest absolute Gasteiger partial charge is 0.0513 e. The lowest BCUT2D eigenvalue weighted by atomic mass is 9.92. The zero-order chi connectivity index (χ0) is 11.4. The average molecular weight is 219 g/mol. The highest BCUT2D eigenvalue weighted by Crippen LogP contribution is 2.27. The van der Waals surface area contributed by atoms with Crippen molar-refractivity contribution in [2.45, 2.75) is 32.2 Å². The second-order valence-corrected chi connectivity index (χ2v) is 4.64. The molecular formula is C14H21NO. The van der Waals surface area contributed by atoms with Crippen molar-refractivity contribution in [3.05, 3.63) is 35.4 Å². The van der Waals surface area contributed by atoms with Crippen LogP contribution in [0.15, 0.2) is 24.3 Å². The lowest BCUT2D eigenvalue weighted by Gasteiger charge is -2.18. The van der Waals surface area contributed by atoms with E-state index in [2.05, 4.69) is 31.2 Å². The molecule has 0 spiro atoms. The first-order chi connectivity index (χ1) is 7.81. The summed E-state index contributed by atoms with van der Waals surface area (Å²) in [5, 5.41) is 0. The third-order valence-corrected chi connectivity index (χ3v) is 3.35. The maximum absolute atomic E-state index is 6.29. The van der Waals surface area contributed by atoms with Crippen molar-refractivity contribution < 1.29 is 4.74 Å². The molecule has 2 rings (SSSR count). The summed E-state index contributed by atoms with van der Waals surface area (Å²) < 4.78 is 5.40. The summed E-state index contributed by atoms with van der Waals surface area (Å²) in [7, 11) is 0. The minimum Gasteiger partial charge on any atom is -0.381 e. The van der Waals surface area contributed by atoms with E-state index in [-0.39, 0.29) is 6.04 Å². The van der Waals surface area contributed by atoms with Crippen LogP contribution in [-0.4, -0.2) is 13.2 Å². The fraction of sp³-hybridized carbons (Fsp3) is 0.571. The summed E-state index contributed by atoms with van der Waals surface area (Å²) in [6.45, 7) is 3.89. The first-order valence-electron chi connectivity index (χ1n) is 6.23. The molecule has 0 aromatic heterocycles. The van der Waals surface area contributed by atoms with Crippen molar-refractivity contribution in [2.75, 3.05) is 13.2 Å². The van der Waals surface area contributed by atoms with Crippen molar-refractivity contribution in [3.8, 4) is 0 Å².